The SMILES string of the molecule is CO[C@H](c1ccc(N2CCOCC2)cc1)[C@@H](CF)N/C=C(/CCN(C)[C@H]1C[C@@H](C)O[C@@H](O)C1)N=N. The topological polar surface area (TPSA) is 103 Å². The van der Waals surface area contributed by atoms with Gasteiger partial charge in [-0.25, -0.2) is 9.92 Å². The summed E-state index contributed by atoms with van der Waals surface area (Å²) in [5.74, 6) is 0. The highest BCUT2D eigenvalue weighted by atomic mass is 19.1. The highest BCUT2D eigenvalue weighted by molar-refractivity contribution is 5.48. The number of methoxy groups -OCH3 is 1. The molecular formula is C25H40FN5O4. The molecule has 196 valence electrons. The van der Waals surface area contributed by atoms with Crippen molar-refractivity contribution in [1.29, 1.82) is 5.53 Å². The van der Waals surface area contributed by atoms with Crippen LogP contribution in [-0.2, 0) is 14.2 Å². The van der Waals surface area contributed by atoms with E-state index in [-0.39, 0.29) is 12.1 Å². The second-order valence-electron chi connectivity index (χ2n) is 9.28. The summed E-state index contributed by atoms with van der Waals surface area (Å²) in [6, 6.07) is 7.60. The molecule has 0 amide bonds. The molecule has 0 radical (unpaired) electrons. The molecular weight excluding hydrogens is 453 g/mol. The number of anilines is 1. The fourth-order valence-electron chi connectivity index (χ4n) is 4.73. The molecule has 2 aliphatic heterocycles. The van der Waals surface area contributed by atoms with E-state index >= 15 is 0 Å². The maximum atomic E-state index is 14.0. The van der Waals surface area contributed by atoms with Crippen LogP contribution in [0.25, 0.3) is 0 Å². The summed E-state index contributed by atoms with van der Waals surface area (Å²) in [6.45, 7) is 5.14. The van der Waals surface area contributed by atoms with Crippen LogP contribution >= 0.6 is 0 Å². The normalized spacial score (nSPS) is 25.4. The second-order valence-corrected chi connectivity index (χ2v) is 9.28. The van der Waals surface area contributed by atoms with E-state index in [1.54, 1.807) is 13.3 Å². The van der Waals surface area contributed by atoms with Crippen LogP contribution in [0.2, 0.25) is 0 Å². The third-order valence-corrected chi connectivity index (χ3v) is 6.80. The first-order chi connectivity index (χ1) is 16.9. The number of aliphatic hydroxyl groups excluding tert-OH is 1. The van der Waals surface area contributed by atoms with E-state index < -0.39 is 25.1 Å². The number of aliphatic hydroxyl groups is 1. The first kappa shape index (κ1) is 27.5. The third kappa shape index (κ3) is 7.94. The predicted molar refractivity (Wildman–Crippen MR) is 132 cm³/mol. The Labute approximate surface area is 207 Å². The van der Waals surface area contributed by atoms with E-state index in [4.69, 9.17) is 19.7 Å². The van der Waals surface area contributed by atoms with Crippen molar-refractivity contribution in [1.82, 2.24) is 10.2 Å². The van der Waals surface area contributed by atoms with Gasteiger partial charge in [-0.2, -0.15) is 5.11 Å². The summed E-state index contributed by atoms with van der Waals surface area (Å²) in [7, 11) is 3.57. The van der Waals surface area contributed by atoms with Crippen molar-refractivity contribution in [3.63, 3.8) is 0 Å². The minimum atomic E-state index is -0.747. The molecule has 0 bridgehead atoms. The van der Waals surface area contributed by atoms with Crippen molar-refractivity contribution in [2.24, 2.45) is 5.11 Å². The average molecular weight is 494 g/mol. The van der Waals surface area contributed by atoms with Crippen molar-refractivity contribution < 1.29 is 23.7 Å². The zero-order chi connectivity index (χ0) is 25.2. The van der Waals surface area contributed by atoms with Gasteiger partial charge in [0.1, 0.15) is 12.8 Å². The Morgan fingerprint density at radius 2 is 2.06 bits per heavy atom. The maximum absolute atomic E-state index is 14.0. The summed E-state index contributed by atoms with van der Waals surface area (Å²) in [6.07, 6.45) is 2.30. The molecule has 0 unspecified atom stereocenters. The van der Waals surface area contributed by atoms with Gasteiger partial charge in [0.25, 0.3) is 0 Å². The van der Waals surface area contributed by atoms with Crippen LogP contribution in [-0.4, -0.2) is 88.2 Å². The van der Waals surface area contributed by atoms with E-state index in [1.165, 1.54) is 0 Å². The lowest BCUT2D eigenvalue weighted by atomic mass is 10.0. The molecule has 0 aromatic heterocycles. The van der Waals surface area contributed by atoms with Gasteiger partial charge in [-0.15, -0.1) is 0 Å². The molecule has 0 saturated carbocycles. The molecule has 3 N–H and O–H groups in total. The van der Waals surface area contributed by atoms with Crippen LogP contribution in [0, 0.1) is 5.53 Å². The zero-order valence-corrected chi connectivity index (χ0v) is 21.0. The summed E-state index contributed by atoms with van der Waals surface area (Å²) >= 11 is 0. The third-order valence-electron chi connectivity index (χ3n) is 6.80. The summed E-state index contributed by atoms with van der Waals surface area (Å²) in [5, 5.41) is 16.6. The minimum Gasteiger partial charge on any atom is -0.381 e. The van der Waals surface area contributed by atoms with Crippen molar-refractivity contribution >= 4 is 5.69 Å². The standard InChI is InChI=1S/C25H40FN5O4/c1-18-14-22(15-24(32)35-18)30(2)9-8-20(29-27)17-28-23(16-26)25(33-3)19-4-6-21(7-5-19)31-10-12-34-13-11-31/h4-7,17-18,22-25,27-28,32H,8-16H2,1-3H3/b20-17-,29-27?/t18-,22+,23-,24-,25-/m1/s1. The molecule has 1 aromatic rings. The number of morpholine rings is 1. The van der Waals surface area contributed by atoms with Gasteiger partial charge in [0, 0.05) is 57.5 Å². The van der Waals surface area contributed by atoms with E-state index in [0.717, 1.165) is 44.0 Å². The molecule has 0 spiro atoms. The minimum absolute atomic E-state index is 0.00275. The Balaban J connectivity index is 1.57. The first-order valence-electron chi connectivity index (χ1n) is 12.3. The van der Waals surface area contributed by atoms with Crippen LogP contribution in [0.5, 0.6) is 0 Å². The van der Waals surface area contributed by atoms with Crippen LogP contribution < -0.4 is 10.2 Å². The molecule has 2 aliphatic rings. The zero-order valence-electron chi connectivity index (χ0n) is 21.0. The van der Waals surface area contributed by atoms with Crippen LogP contribution in [0.15, 0.2) is 41.3 Å². The molecule has 35 heavy (non-hydrogen) atoms. The van der Waals surface area contributed by atoms with Crippen molar-refractivity contribution in [2.75, 3.05) is 58.6 Å². The van der Waals surface area contributed by atoms with Gasteiger partial charge in [-0.3, -0.25) is 0 Å². The number of nitrogens with zero attached hydrogens (tertiary/aromatic N) is 3. The molecule has 5 atom stereocenters. The summed E-state index contributed by atoms with van der Waals surface area (Å²) in [4.78, 5) is 4.42. The van der Waals surface area contributed by atoms with E-state index in [2.05, 4.69) is 20.2 Å². The lowest BCUT2D eigenvalue weighted by Gasteiger charge is -2.36. The largest absolute Gasteiger partial charge is 0.381 e. The highest BCUT2D eigenvalue weighted by Crippen LogP contribution is 2.26. The van der Waals surface area contributed by atoms with Gasteiger partial charge < -0.3 is 34.4 Å². The molecule has 3 rings (SSSR count). The van der Waals surface area contributed by atoms with E-state index in [0.29, 0.717) is 25.1 Å². The lowest BCUT2D eigenvalue weighted by Crippen LogP contribution is -2.43. The summed E-state index contributed by atoms with van der Waals surface area (Å²) in [5.41, 5.74) is 10.1. The average Bonchev–Trinajstić information content (AvgIpc) is 2.88. The molecule has 2 fully saturated rings. The Kier molecular flexibility index (Phi) is 10.9. The smallest absolute Gasteiger partial charge is 0.156 e. The van der Waals surface area contributed by atoms with Crippen LogP contribution in [0.4, 0.5) is 10.1 Å². The predicted octanol–water partition coefficient (Wildman–Crippen LogP) is 3.22. The molecule has 2 heterocycles. The fraction of sp³-hybridized carbons (Fsp3) is 0.680. The van der Waals surface area contributed by atoms with Crippen LogP contribution in [0.3, 0.4) is 0 Å². The van der Waals surface area contributed by atoms with Gasteiger partial charge >= 0.3 is 0 Å². The number of halogens is 1. The molecule has 10 heteroatoms. The second kappa shape index (κ2) is 13.8. The quantitative estimate of drug-likeness (QED) is 0.384. The number of hydrogen-bond acceptors (Lipinski definition) is 9. The van der Waals surface area contributed by atoms with Gasteiger partial charge in [-0.1, -0.05) is 12.1 Å². The van der Waals surface area contributed by atoms with Gasteiger partial charge in [0.05, 0.1) is 31.1 Å². The monoisotopic (exact) mass is 493 g/mol. The Hall–Kier alpha value is -2.11. The number of hydrogen-bond donors (Lipinski definition) is 3. The van der Waals surface area contributed by atoms with Crippen LogP contribution in [0.1, 0.15) is 37.9 Å². The Morgan fingerprint density at radius 3 is 2.66 bits per heavy atom. The Morgan fingerprint density at radius 1 is 1.34 bits per heavy atom. The van der Waals surface area contributed by atoms with Gasteiger partial charge in [0.15, 0.2) is 6.29 Å². The number of rotatable bonds is 12. The lowest BCUT2D eigenvalue weighted by molar-refractivity contribution is -0.173. The molecule has 9 nitrogen and oxygen atoms in total. The maximum Gasteiger partial charge on any atom is 0.156 e. The molecule has 1 aromatic carbocycles. The van der Waals surface area contributed by atoms with Gasteiger partial charge in [-0.05, 0) is 38.1 Å². The fourth-order valence-corrected chi connectivity index (χ4v) is 4.73. The highest BCUT2D eigenvalue weighted by Gasteiger charge is 2.28. The van der Waals surface area contributed by atoms with Crippen molar-refractivity contribution in [2.45, 2.75) is 56.8 Å². The number of alkyl halides is 1. The molecule has 2 saturated heterocycles. The van der Waals surface area contributed by atoms with E-state index in [9.17, 15) is 9.50 Å². The Bertz CT molecular complexity index is 796. The first-order valence-corrected chi connectivity index (χ1v) is 12.3. The summed E-state index contributed by atoms with van der Waals surface area (Å²) < 4.78 is 30.5. The van der Waals surface area contributed by atoms with Crippen molar-refractivity contribution in [3.05, 3.63) is 41.7 Å². The molecule has 0 aliphatic carbocycles. The van der Waals surface area contributed by atoms with Crippen molar-refractivity contribution in [3.8, 4) is 0 Å². The number of nitrogens with one attached hydrogen (secondary N) is 2. The number of ether oxygens (including phenoxy) is 3. The van der Waals surface area contributed by atoms with E-state index in [1.807, 2.05) is 38.2 Å². The van der Waals surface area contributed by atoms with Gasteiger partial charge in [0.2, 0.25) is 0 Å². The number of benzene rings is 1.